The zero-order chi connectivity index (χ0) is 13.0. The lowest BCUT2D eigenvalue weighted by Crippen LogP contribution is -2.22. The third-order valence-corrected chi connectivity index (χ3v) is 3.09. The van der Waals surface area contributed by atoms with Gasteiger partial charge in [0.1, 0.15) is 0 Å². The summed E-state index contributed by atoms with van der Waals surface area (Å²) >= 11 is 6.10. The minimum Gasteiger partial charge on any atom is -0.396 e. The molecule has 2 N–H and O–H groups in total. The highest BCUT2D eigenvalue weighted by Gasteiger charge is 2.05. The number of nitrogens with one attached hydrogen (secondary N) is 1. The lowest BCUT2D eigenvalue weighted by molar-refractivity contribution is 0.233. The molecule has 0 saturated carbocycles. The number of hydrogen-bond donors (Lipinski definition) is 2. The van der Waals surface area contributed by atoms with E-state index in [1.165, 1.54) is 0 Å². The Morgan fingerprint density at radius 3 is 3.06 bits per heavy atom. The van der Waals surface area contributed by atoms with Crippen LogP contribution in [-0.4, -0.2) is 23.2 Å². The van der Waals surface area contributed by atoms with Crippen molar-refractivity contribution in [3.8, 4) is 0 Å². The Morgan fingerprint density at radius 2 is 2.28 bits per heavy atom. The maximum Gasteiger partial charge on any atom is 0.0747 e. The Bertz CT molecular complexity index is 530. The largest absolute Gasteiger partial charge is 0.396 e. The summed E-state index contributed by atoms with van der Waals surface area (Å²) in [5.41, 5.74) is 2.06. The van der Waals surface area contributed by atoms with Crippen molar-refractivity contribution in [2.75, 3.05) is 13.2 Å². The number of benzene rings is 1. The first kappa shape index (κ1) is 13.3. The van der Waals surface area contributed by atoms with Crippen molar-refractivity contribution in [3.05, 3.63) is 41.0 Å². The fraction of sp³-hybridized carbons (Fsp3) is 0.357. The Morgan fingerprint density at radius 1 is 1.44 bits per heavy atom. The number of hydrogen-bond acceptors (Lipinski definition) is 3. The minimum atomic E-state index is 0.196. The molecule has 1 unspecified atom stereocenters. The van der Waals surface area contributed by atoms with Crippen LogP contribution in [0.2, 0.25) is 5.02 Å². The molecule has 4 heteroatoms. The number of halogens is 1. The third kappa shape index (κ3) is 3.19. The zero-order valence-electron chi connectivity index (χ0n) is 10.4. The molecule has 0 spiro atoms. The van der Waals surface area contributed by atoms with Crippen LogP contribution in [0.1, 0.15) is 12.5 Å². The lowest BCUT2D eigenvalue weighted by atomic mass is 10.1. The molecule has 0 saturated heterocycles. The van der Waals surface area contributed by atoms with Crippen LogP contribution < -0.4 is 5.32 Å². The van der Waals surface area contributed by atoms with Gasteiger partial charge >= 0.3 is 0 Å². The Hall–Kier alpha value is -1.16. The van der Waals surface area contributed by atoms with E-state index in [9.17, 15) is 0 Å². The predicted octanol–water partition coefficient (Wildman–Crippen LogP) is 2.61. The van der Waals surface area contributed by atoms with Gasteiger partial charge in [0.05, 0.1) is 5.52 Å². The summed E-state index contributed by atoms with van der Waals surface area (Å²) in [7, 11) is 0. The number of nitrogens with zero attached hydrogens (tertiary/aromatic N) is 1. The van der Waals surface area contributed by atoms with Gasteiger partial charge in [-0.2, -0.15) is 0 Å². The summed E-state index contributed by atoms with van der Waals surface area (Å²) in [6.45, 7) is 3.68. The molecule has 1 atom stereocenters. The SMILES string of the molecule is CC(CO)CNCc1cc(Cl)cc2cccnc12. The lowest BCUT2D eigenvalue weighted by Gasteiger charge is -2.11. The van der Waals surface area contributed by atoms with Gasteiger partial charge in [-0.15, -0.1) is 0 Å². The highest BCUT2D eigenvalue weighted by molar-refractivity contribution is 6.31. The van der Waals surface area contributed by atoms with Crippen LogP contribution in [0.5, 0.6) is 0 Å². The molecule has 2 rings (SSSR count). The molecule has 0 amide bonds. The summed E-state index contributed by atoms with van der Waals surface area (Å²) in [6, 6.07) is 7.77. The molecule has 1 aromatic carbocycles. The summed E-state index contributed by atoms with van der Waals surface area (Å²) in [5.74, 6) is 0.253. The number of rotatable bonds is 5. The number of fused-ring (bicyclic) bond motifs is 1. The van der Waals surface area contributed by atoms with E-state index in [1.54, 1.807) is 6.20 Å². The molecule has 2 aromatic rings. The van der Waals surface area contributed by atoms with E-state index in [0.717, 1.165) is 28.0 Å². The number of aliphatic hydroxyl groups is 1. The first-order valence-electron chi connectivity index (χ1n) is 6.05. The van der Waals surface area contributed by atoms with E-state index < -0.39 is 0 Å². The van der Waals surface area contributed by atoms with E-state index in [-0.39, 0.29) is 12.5 Å². The van der Waals surface area contributed by atoms with Crippen molar-refractivity contribution in [3.63, 3.8) is 0 Å². The fourth-order valence-corrected chi connectivity index (χ4v) is 2.13. The maximum absolute atomic E-state index is 8.97. The monoisotopic (exact) mass is 264 g/mol. The van der Waals surface area contributed by atoms with Gasteiger partial charge in [0.2, 0.25) is 0 Å². The van der Waals surface area contributed by atoms with E-state index >= 15 is 0 Å². The van der Waals surface area contributed by atoms with Crippen LogP contribution in [0.3, 0.4) is 0 Å². The maximum atomic E-state index is 8.97. The summed E-state index contributed by atoms with van der Waals surface area (Å²) in [4.78, 5) is 4.39. The summed E-state index contributed by atoms with van der Waals surface area (Å²) in [6.07, 6.45) is 1.79. The molecular formula is C14H17ClN2O. The molecule has 96 valence electrons. The van der Waals surface area contributed by atoms with E-state index in [0.29, 0.717) is 6.54 Å². The van der Waals surface area contributed by atoms with Crippen LogP contribution in [0, 0.1) is 5.92 Å². The topological polar surface area (TPSA) is 45.1 Å². The molecule has 0 fully saturated rings. The second kappa shape index (κ2) is 6.14. The van der Waals surface area contributed by atoms with Crippen LogP contribution in [0.25, 0.3) is 10.9 Å². The number of pyridine rings is 1. The average molecular weight is 265 g/mol. The molecule has 0 aliphatic rings. The standard InChI is InChI=1S/C14H17ClN2O/c1-10(9-18)7-16-8-12-6-13(15)5-11-3-2-4-17-14(11)12/h2-6,10,16,18H,7-9H2,1H3. The van der Waals surface area contributed by atoms with Crippen molar-refractivity contribution in [1.29, 1.82) is 0 Å². The van der Waals surface area contributed by atoms with Gasteiger partial charge in [0, 0.05) is 36.3 Å². The van der Waals surface area contributed by atoms with Gasteiger partial charge in [-0.25, -0.2) is 0 Å². The molecule has 3 nitrogen and oxygen atoms in total. The van der Waals surface area contributed by atoms with Crippen molar-refractivity contribution in [2.45, 2.75) is 13.5 Å². The second-order valence-corrected chi connectivity index (χ2v) is 5.00. The number of aromatic nitrogens is 1. The predicted molar refractivity (Wildman–Crippen MR) is 74.7 cm³/mol. The molecule has 0 aliphatic carbocycles. The Labute approximate surface area is 112 Å². The first-order chi connectivity index (χ1) is 8.70. The zero-order valence-corrected chi connectivity index (χ0v) is 11.1. The van der Waals surface area contributed by atoms with E-state index in [1.807, 2.05) is 31.2 Å². The molecule has 0 radical (unpaired) electrons. The Kier molecular flexibility index (Phi) is 4.53. The quantitative estimate of drug-likeness (QED) is 0.873. The van der Waals surface area contributed by atoms with Crippen molar-refractivity contribution in [1.82, 2.24) is 10.3 Å². The summed E-state index contributed by atoms with van der Waals surface area (Å²) in [5, 5.41) is 14.1. The molecule has 18 heavy (non-hydrogen) atoms. The fourth-order valence-electron chi connectivity index (χ4n) is 1.88. The van der Waals surface area contributed by atoms with Crippen LogP contribution in [0.15, 0.2) is 30.5 Å². The molecule has 1 heterocycles. The second-order valence-electron chi connectivity index (χ2n) is 4.56. The van der Waals surface area contributed by atoms with Crippen molar-refractivity contribution < 1.29 is 5.11 Å². The van der Waals surface area contributed by atoms with Gasteiger partial charge in [0.25, 0.3) is 0 Å². The summed E-state index contributed by atoms with van der Waals surface area (Å²) < 4.78 is 0. The molecule has 1 aromatic heterocycles. The van der Waals surface area contributed by atoms with Gasteiger partial charge in [-0.05, 0) is 29.7 Å². The van der Waals surface area contributed by atoms with E-state index in [4.69, 9.17) is 16.7 Å². The smallest absolute Gasteiger partial charge is 0.0747 e. The molecule has 0 bridgehead atoms. The molecule has 0 aliphatic heterocycles. The van der Waals surface area contributed by atoms with Gasteiger partial charge < -0.3 is 10.4 Å². The van der Waals surface area contributed by atoms with Gasteiger partial charge in [0.15, 0.2) is 0 Å². The number of aliphatic hydroxyl groups excluding tert-OH is 1. The van der Waals surface area contributed by atoms with Crippen molar-refractivity contribution >= 4 is 22.5 Å². The van der Waals surface area contributed by atoms with Crippen LogP contribution >= 0.6 is 11.6 Å². The highest BCUT2D eigenvalue weighted by atomic mass is 35.5. The van der Waals surface area contributed by atoms with Crippen LogP contribution in [-0.2, 0) is 6.54 Å². The molecular weight excluding hydrogens is 248 g/mol. The average Bonchev–Trinajstić information content (AvgIpc) is 2.38. The van der Waals surface area contributed by atoms with Gasteiger partial charge in [-0.1, -0.05) is 24.6 Å². The normalized spacial score (nSPS) is 12.8. The minimum absolute atomic E-state index is 0.196. The first-order valence-corrected chi connectivity index (χ1v) is 6.43. The third-order valence-electron chi connectivity index (χ3n) is 2.87. The van der Waals surface area contributed by atoms with E-state index in [2.05, 4.69) is 10.3 Å². The highest BCUT2D eigenvalue weighted by Crippen LogP contribution is 2.22. The Balaban J connectivity index is 2.17. The van der Waals surface area contributed by atoms with Crippen molar-refractivity contribution in [2.24, 2.45) is 5.92 Å². The van der Waals surface area contributed by atoms with Gasteiger partial charge in [-0.3, -0.25) is 4.98 Å². The van der Waals surface area contributed by atoms with Crippen LogP contribution in [0.4, 0.5) is 0 Å².